The van der Waals surface area contributed by atoms with Crippen LogP contribution in [0.3, 0.4) is 0 Å². The minimum Gasteiger partial charge on any atom is -0.366 e. The number of hydrogen-bond donors (Lipinski definition) is 1. The van der Waals surface area contributed by atoms with Gasteiger partial charge in [0.2, 0.25) is 10.0 Å². The lowest BCUT2D eigenvalue weighted by atomic mass is 9.96. The fourth-order valence-electron chi connectivity index (χ4n) is 4.42. The summed E-state index contributed by atoms with van der Waals surface area (Å²) in [5.74, 6) is 0.686. The van der Waals surface area contributed by atoms with E-state index in [4.69, 9.17) is 16.6 Å². The fourth-order valence-corrected chi connectivity index (χ4v) is 7.00. The van der Waals surface area contributed by atoms with Gasteiger partial charge in [0.05, 0.1) is 22.1 Å². The third-order valence-electron chi connectivity index (χ3n) is 6.15. The first kappa shape index (κ1) is 24.2. The van der Waals surface area contributed by atoms with Crippen LogP contribution in [0.4, 0.5) is 5.82 Å². The minimum absolute atomic E-state index is 0.0723. The highest BCUT2D eigenvalue weighted by Crippen LogP contribution is 2.34. The quantitative estimate of drug-likeness (QED) is 0.370. The monoisotopic (exact) mass is 578 g/mol. The molecule has 0 radical (unpaired) electrons. The molecule has 13 heteroatoms. The van der Waals surface area contributed by atoms with E-state index in [2.05, 4.69) is 36.4 Å². The van der Waals surface area contributed by atoms with Crippen molar-refractivity contribution in [2.45, 2.75) is 37.1 Å². The lowest BCUT2D eigenvalue weighted by Crippen LogP contribution is -2.39. The fraction of sp³-hybridized carbons (Fsp3) is 0.364. The molecule has 0 aliphatic carbocycles. The van der Waals surface area contributed by atoms with Gasteiger partial charge in [-0.25, -0.2) is 13.4 Å². The predicted octanol–water partition coefficient (Wildman–Crippen LogP) is 3.76. The molecule has 1 atom stereocenters. The molecule has 1 saturated heterocycles. The normalized spacial score (nSPS) is 17.2. The smallest absolute Gasteiger partial charge is 0.248 e. The number of aryl methyl sites for hydroxylation is 2. The van der Waals surface area contributed by atoms with Crippen LogP contribution in [0, 0.1) is 6.92 Å². The zero-order valence-corrected chi connectivity index (χ0v) is 22.3. The lowest BCUT2D eigenvalue weighted by molar-refractivity contribution is 0.312. The molecule has 1 aliphatic rings. The Morgan fingerprint density at radius 2 is 2.14 bits per heavy atom. The third-order valence-corrected chi connectivity index (χ3v) is 9.27. The van der Waals surface area contributed by atoms with Gasteiger partial charge in [-0.15, -0.1) is 0 Å². The molecule has 10 nitrogen and oxygen atoms in total. The summed E-state index contributed by atoms with van der Waals surface area (Å²) in [5.41, 5.74) is 2.90. The molecule has 184 valence electrons. The first-order valence-electron chi connectivity index (χ1n) is 11.1. The molecule has 1 fully saturated rings. The number of nitrogens with one attached hydrogen (secondary N) is 1. The summed E-state index contributed by atoms with van der Waals surface area (Å²) in [7, 11) is -2.16. The molecule has 35 heavy (non-hydrogen) atoms. The molecule has 1 unspecified atom stereocenters. The van der Waals surface area contributed by atoms with E-state index in [9.17, 15) is 8.42 Å². The molecule has 0 aromatic carbocycles. The Morgan fingerprint density at radius 3 is 2.86 bits per heavy atom. The number of halogens is 2. The number of pyridine rings is 1. The standard InChI is InChI=1S/C22H24BrClN8O2S/c1-14-20(21(24)30(2)29-14)35(33,34)31-8-4-6-16(13-31)18-9-19(26-11-15-5-3-7-25-10-15)32-22(28-18)17(23)12-27-32/h3,5,7,9-10,12,16,26H,4,6,8,11,13H2,1-2H3. The van der Waals surface area contributed by atoms with Gasteiger partial charge in [0.25, 0.3) is 0 Å². The Hall–Kier alpha value is -2.54. The Morgan fingerprint density at radius 1 is 1.31 bits per heavy atom. The van der Waals surface area contributed by atoms with E-state index < -0.39 is 10.0 Å². The number of fused-ring (bicyclic) bond motifs is 1. The second-order valence-corrected chi connectivity index (χ2v) is 11.6. The lowest BCUT2D eigenvalue weighted by Gasteiger charge is -2.31. The summed E-state index contributed by atoms with van der Waals surface area (Å²) in [6.45, 7) is 2.96. The molecule has 0 bridgehead atoms. The number of anilines is 1. The van der Waals surface area contributed by atoms with Gasteiger partial charge < -0.3 is 5.32 Å². The summed E-state index contributed by atoms with van der Waals surface area (Å²) >= 11 is 9.84. The van der Waals surface area contributed by atoms with Crippen LogP contribution in [0.1, 0.15) is 35.7 Å². The van der Waals surface area contributed by atoms with Crippen molar-refractivity contribution in [3.05, 3.63) is 63.4 Å². The third kappa shape index (κ3) is 4.55. The SMILES string of the molecule is Cc1nn(C)c(Cl)c1S(=O)(=O)N1CCCC(c2cc(NCc3cccnc3)n3ncc(Br)c3n2)C1. The Kier molecular flexibility index (Phi) is 6.55. The van der Waals surface area contributed by atoms with Gasteiger partial charge >= 0.3 is 0 Å². The molecule has 0 saturated carbocycles. The number of nitrogens with zero attached hydrogens (tertiary/aromatic N) is 7. The highest BCUT2D eigenvalue weighted by Gasteiger charge is 2.36. The minimum atomic E-state index is -3.80. The van der Waals surface area contributed by atoms with Crippen LogP contribution in [0.15, 0.2) is 46.2 Å². The van der Waals surface area contributed by atoms with Crippen LogP contribution in [0.25, 0.3) is 5.65 Å². The van der Waals surface area contributed by atoms with E-state index >= 15 is 0 Å². The van der Waals surface area contributed by atoms with E-state index in [1.165, 1.54) is 8.99 Å². The maximum absolute atomic E-state index is 13.5. The van der Waals surface area contributed by atoms with Crippen LogP contribution in [-0.2, 0) is 23.6 Å². The van der Waals surface area contributed by atoms with Crippen molar-refractivity contribution in [2.24, 2.45) is 7.05 Å². The van der Waals surface area contributed by atoms with Crippen molar-refractivity contribution in [3.8, 4) is 0 Å². The van der Waals surface area contributed by atoms with Crippen molar-refractivity contribution < 1.29 is 8.42 Å². The number of piperidine rings is 1. The van der Waals surface area contributed by atoms with Crippen molar-refractivity contribution in [1.82, 2.24) is 33.7 Å². The van der Waals surface area contributed by atoms with E-state index in [0.717, 1.165) is 28.0 Å². The van der Waals surface area contributed by atoms with E-state index in [-0.39, 0.29) is 16.0 Å². The Balaban J connectivity index is 1.46. The van der Waals surface area contributed by atoms with Crippen LogP contribution in [0.5, 0.6) is 0 Å². The average Bonchev–Trinajstić information content (AvgIpc) is 3.36. The highest BCUT2D eigenvalue weighted by atomic mass is 79.9. The Labute approximate surface area is 216 Å². The van der Waals surface area contributed by atoms with Crippen LogP contribution in [0.2, 0.25) is 5.15 Å². The number of aromatic nitrogens is 6. The highest BCUT2D eigenvalue weighted by molar-refractivity contribution is 9.10. The topological polar surface area (TPSA) is 110 Å². The summed E-state index contributed by atoms with van der Waals surface area (Å²) in [5, 5.41) is 12.2. The van der Waals surface area contributed by atoms with E-state index in [0.29, 0.717) is 37.4 Å². The number of sulfonamides is 1. The van der Waals surface area contributed by atoms with Gasteiger partial charge in [-0.05, 0) is 47.3 Å². The van der Waals surface area contributed by atoms with Crippen molar-refractivity contribution in [2.75, 3.05) is 18.4 Å². The maximum Gasteiger partial charge on any atom is 0.248 e. The summed E-state index contributed by atoms with van der Waals surface area (Å²) in [6.07, 6.45) is 6.78. The van der Waals surface area contributed by atoms with Crippen molar-refractivity contribution in [3.63, 3.8) is 0 Å². The first-order valence-corrected chi connectivity index (χ1v) is 13.7. The largest absolute Gasteiger partial charge is 0.366 e. The molecule has 1 aliphatic heterocycles. The molecule has 0 amide bonds. The van der Waals surface area contributed by atoms with Gasteiger partial charge in [0.1, 0.15) is 15.9 Å². The second kappa shape index (κ2) is 9.49. The van der Waals surface area contributed by atoms with Gasteiger partial charge in [0, 0.05) is 51.1 Å². The average molecular weight is 580 g/mol. The molecule has 4 aromatic heterocycles. The predicted molar refractivity (Wildman–Crippen MR) is 136 cm³/mol. The second-order valence-electron chi connectivity index (χ2n) is 8.54. The van der Waals surface area contributed by atoms with Crippen LogP contribution in [-0.4, -0.2) is 55.2 Å². The van der Waals surface area contributed by atoms with Gasteiger partial charge in [-0.2, -0.15) is 19.0 Å². The molecular formula is C22H24BrClN8O2S. The van der Waals surface area contributed by atoms with Crippen LogP contribution < -0.4 is 5.32 Å². The van der Waals surface area contributed by atoms with Gasteiger partial charge in [0.15, 0.2) is 5.65 Å². The molecule has 1 N–H and O–H groups in total. The first-order chi connectivity index (χ1) is 16.8. The molecular weight excluding hydrogens is 556 g/mol. The van der Waals surface area contributed by atoms with E-state index in [1.807, 2.05) is 18.2 Å². The molecule has 4 aromatic rings. The summed E-state index contributed by atoms with van der Waals surface area (Å²) in [4.78, 5) is 9.08. The zero-order chi connectivity index (χ0) is 24.7. The maximum atomic E-state index is 13.5. The zero-order valence-electron chi connectivity index (χ0n) is 19.2. The van der Waals surface area contributed by atoms with E-state index in [1.54, 1.807) is 37.1 Å². The summed E-state index contributed by atoms with van der Waals surface area (Å²) < 4.78 is 32.4. The summed E-state index contributed by atoms with van der Waals surface area (Å²) in [6, 6.07) is 5.84. The van der Waals surface area contributed by atoms with Crippen LogP contribution >= 0.6 is 27.5 Å². The van der Waals surface area contributed by atoms with Gasteiger partial charge in [-0.1, -0.05) is 17.7 Å². The number of hydrogen-bond acceptors (Lipinski definition) is 7. The van der Waals surface area contributed by atoms with Crippen molar-refractivity contribution in [1.29, 1.82) is 0 Å². The molecule has 5 rings (SSSR count). The molecule has 0 spiro atoms. The number of rotatable bonds is 6. The molecule has 5 heterocycles. The van der Waals surface area contributed by atoms with Gasteiger partial charge in [-0.3, -0.25) is 9.67 Å². The van der Waals surface area contributed by atoms with Crippen molar-refractivity contribution >= 4 is 49.0 Å². The Bertz CT molecular complexity index is 1490.